The van der Waals surface area contributed by atoms with Crippen LogP contribution in [-0.4, -0.2) is 65.3 Å². The third-order valence-corrected chi connectivity index (χ3v) is 7.71. The highest BCUT2D eigenvalue weighted by Crippen LogP contribution is 2.28. The summed E-state index contributed by atoms with van der Waals surface area (Å²) in [5.74, 6) is 1.23. The predicted octanol–water partition coefficient (Wildman–Crippen LogP) is 4.48. The minimum atomic E-state index is -0.239. The molecule has 1 aromatic heterocycles. The molecule has 1 aromatic carbocycles. The van der Waals surface area contributed by atoms with Crippen LogP contribution in [0.2, 0.25) is 5.15 Å². The molecule has 1 unspecified atom stereocenters. The Kier molecular flexibility index (Phi) is 9.26. The molecule has 1 amide bonds. The van der Waals surface area contributed by atoms with Gasteiger partial charge in [-0.25, -0.2) is 9.97 Å². The van der Waals surface area contributed by atoms with Gasteiger partial charge in [-0.15, -0.1) is 0 Å². The van der Waals surface area contributed by atoms with Gasteiger partial charge in [0, 0.05) is 32.2 Å². The van der Waals surface area contributed by atoms with Crippen molar-refractivity contribution in [3.63, 3.8) is 0 Å². The maximum absolute atomic E-state index is 12.8. The molecule has 2 saturated heterocycles. The number of halogens is 1. The number of benzene rings is 1. The zero-order valence-corrected chi connectivity index (χ0v) is 21.8. The SMILES string of the molecule is CCOC(=O)C1CCCN(C(=O)CSc2nc(Cl)cc(N3CCC(Cc4ccccc4)CC3)n2)C1. The van der Waals surface area contributed by atoms with Crippen LogP contribution in [0, 0.1) is 11.8 Å². The van der Waals surface area contributed by atoms with Crippen molar-refractivity contribution >= 4 is 41.1 Å². The third kappa shape index (κ3) is 7.34. The van der Waals surface area contributed by atoms with Gasteiger partial charge < -0.3 is 14.5 Å². The molecule has 188 valence electrons. The second kappa shape index (κ2) is 12.6. The van der Waals surface area contributed by atoms with Crippen LogP contribution in [0.4, 0.5) is 5.82 Å². The predicted molar refractivity (Wildman–Crippen MR) is 139 cm³/mol. The van der Waals surface area contributed by atoms with Crippen LogP contribution in [0.1, 0.15) is 38.2 Å². The first-order valence-electron chi connectivity index (χ1n) is 12.4. The van der Waals surface area contributed by atoms with Gasteiger partial charge in [0.1, 0.15) is 11.0 Å². The average molecular weight is 517 g/mol. The first-order chi connectivity index (χ1) is 17.0. The number of rotatable bonds is 8. The van der Waals surface area contributed by atoms with E-state index in [0.717, 1.165) is 51.0 Å². The van der Waals surface area contributed by atoms with Crippen LogP contribution in [0.15, 0.2) is 41.6 Å². The van der Waals surface area contributed by atoms with E-state index in [1.54, 1.807) is 17.9 Å². The number of carbonyl (C=O) groups excluding carboxylic acids is 2. The molecule has 2 aliphatic rings. The molecule has 2 aliphatic heterocycles. The summed E-state index contributed by atoms with van der Waals surface area (Å²) in [6.45, 7) is 5.09. The maximum Gasteiger partial charge on any atom is 0.310 e. The highest BCUT2D eigenvalue weighted by Gasteiger charge is 2.29. The number of thioether (sulfide) groups is 1. The van der Waals surface area contributed by atoms with Gasteiger partial charge in [-0.05, 0) is 50.5 Å². The number of nitrogens with zero attached hydrogens (tertiary/aromatic N) is 4. The summed E-state index contributed by atoms with van der Waals surface area (Å²) >= 11 is 7.61. The normalized spacial score (nSPS) is 19.0. The number of aromatic nitrogens is 2. The second-order valence-electron chi connectivity index (χ2n) is 9.17. The van der Waals surface area contributed by atoms with Gasteiger partial charge >= 0.3 is 5.97 Å². The van der Waals surface area contributed by atoms with Crippen molar-refractivity contribution in [1.29, 1.82) is 0 Å². The summed E-state index contributed by atoms with van der Waals surface area (Å²) in [6.07, 6.45) is 4.88. The molecular weight excluding hydrogens is 484 g/mol. The van der Waals surface area contributed by atoms with Crippen molar-refractivity contribution < 1.29 is 14.3 Å². The minimum Gasteiger partial charge on any atom is -0.466 e. The second-order valence-corrected chi connectivity index (χ2v) is 10.5. The molecule has 0 radical (unpaired) electrons. The Labute approximate surface area is 216 Å². The van der Waals surface area contributed by atoms with Gasteiger partial charge in [0.05, 0.1) is 18.3 Å². The topological polar surface area (TPSA) is 75.6 Å². The summed E-state index contributed by atoms with van der Waals surface area (Å²) in [5, 5.41) is 0.892. The molecule has 3 heterocycles. The van der Waals surface area contributed by atoms with Crippen LogP contribution in [0.25, 0.3) is 0 Å². The number of hydrogen-bond acceptors (Lipinski definition) is 7. The number of carbonyl (C=O) groups is 2. The van der Waals surface area contributed by atoms with Crippen molar-refractivity contribution in [2.24, 2.45) is 11.8 Å². The van der Waals surface area contributed by atoms with Crippen molar-refractivity contribution in [2.45, 2.75) is 44.2 Å². The van der Waals surface area contributed by atoms with Crippen LogP contribution in [0.3, 0.4) is 0 Å². The number of ether oxygens (including phenoxy) is 1. The molecule has 4 rings (SSSR count). The standard InChI is InChI=1S/C26H33ClN4O3S/c1-2-34-25(33)21-9-6-12-31(17-21)24(32)18-35-26-28-22(27)16-23(29-26)30-13-10-20(11-14-30)15-19-7-4-3-5-8-19/h3-5,7-8,16,20-21H,2,6,9-15,17-18H2,1H3. The van der Waals surface area contributed by atoms with E-state index in [9.17, 15) is 9.59 Å². The molecule has 0 spiro atoms. The Balaban J connectivity index is 1.29. The van der Waals surface area contributed by atoms with E-state index >= 15 is 0 Å². The zero-order valence-electron chi connectivity index (χ0n) is 20.2. The summed E-state index contributed by atoms with van der Waals surface area (Å²) in [7, 11) is 0. The molecule has 0 N–H and O–H groups in total. The van der Waals surface area contributed by atoms with Crippen LogP contribution < -0.4 is 4.90 Å². The van der Waals surface area contributed by atoms with E-state index in [2.05, 4.69) is 40.2 Å². The van der Waals surface area contributed by atoms with Crippen molar-refractivity contribution in [3.05, 3.63) is 47.1 Å². The highest BCUT2D eigenvalue weighted by molar-refractivity contribution is 7.99. The Morgan fingerprint density at radius 2 is 1.89 bits per heavy atom. The van der Waals surface area contributed by atoms with Crippen LogP contribution in [-0.2, 0) is 20.7 Å². The lowest BCUT2D eigenvalue weighted by atomic mass is 9.90. The molecule has 7 nitrogen and oxygen atoms in total. The van der Waals surface area contributed by atoms with E-state index < -0.39 is 0 Å². The van der Waals surface area contributed by atoms with Crippen LogP contribution >= 0.6 is 23.4 Å². The lowest BCUT2D eigenvalue weighted by Gasteiger charge is -2.33. The lowest BCUT2D eigenvalue weighted by Crippen LogP contribution is -2.43. The third-order valence-electron chi connectivity index (χ3n) is 6.69. The molecule has 2 aromatic rings. The summed E-state index contributed by atoms with van der Waals surface area (Å²) in [6, 6.07) is 12.5. The summed E-state index contributed by atoms with van der Waals surface area (Å²) in [4.78, 5) is 37.9. The molecule has 9 heteroatoms. The number of piperidine rings is 2. The quantitative estimate of drug-likeness (QED) is 0.221. The Morgan fingerprint density at radius 3 is 2.63 bits per heavy atom. The number of hydrogen-bond donors (Lipinski definition) is 0. The monoisotopic (exact) mass is 516 g/mol. The fraction of sp³-hybridized carbons (Fsp3) is 0.538. The minimum absolute atomic E-state index is 0.0177. The van der Waals surface area contributed by atoms with Gasteiger partial charge in [0.15, 0.2) is 5.16 Å². The van der Waals surface area contributed by atoms with Gasteiger partial charge in [-0.3, -0.25) is 9.59 Å². The zero-order chi connectivity index (χ0) is 24.6. The highest BCUT2D eigenvalue weighted by atomic mass is 35.5. The number of amides is 1. The number of likely N-dealkylation sites (tertiary alicyclic amines) is 1. The molecular formula is C26H33ClN4O3S. The number of anilines is 1. The molecule has 2 fully saturated rings. The lowest BCUT2D eigenvalue weighted by molar-refractivity contribution is -0.151. The summed E-state index contributed by atoms with van der Waals surface area (Å²) in [5.41, 5.74) is 1.39. The van der Waals surface area contributed by atoms with Crippen LogP contribution in [0.5, 0.6) is 0 Å². The van der Waals surface area contributed by atoms with Crippen molar-refractivity contribution in [3.8, 4) is 0 Å². The molecule has 1 atom stereocenters. The first kappa shape index (κ1) is 25.8. The first-order valence-corrected chi connectivity index (χ1v) is 13.8. The van der Waals surface area contributed by atoms with E-state index in [0.29, 0.717) is 35.9 Å². The van der Waals surface area contributed by atoms with E-state index in [-0.39, 0.29) is 23.5 Å². The fourth-order valence-corrected chi connectivity index (χ4v) is 5.78. The van der Waals surface area contributed by atoms with Crippen molar-refractivity contribution in [1.82, 2.24) is 14.9 Å². The van der Waals surface area contributed by atoms with Crippen molar-refractivity contribution in [2.75, 3.05) is 43.4 Å². The largest absolute Gasteiger partial charge is 0.466 e. The average Bonchev–Trinajstić information content (AvgIpc) is 2.88. The maximum atomic E-state index is 12.8. The summed E-state index contributed by atoms with van der Waals surface area (Å²) < 4.78 is 5.14. The Bertz CT molecular complexity index is 1000. The molecule has 0 saturated carbocycles. The molecule has 0 aliphatic carbocycles. The van der Waals surface area contributed by atoms with Gasteiger partial charge in [-0.1, -0.05) is 53.7 Å². The van der Waals surface area contributed by atoms with E-state index in [1.165, 1.54) is 17.3 Å². The van der Waals surface area contributed by atoms with Gasteiger partial charge in [0.2, 0.25) is 5.91 Å². The number of esters is 1. The van der Waals surface area contributed by atoms with E-state index in [1.807, 2.05) is 0 Å². The fourth-order valence-electron chi connectivity index (χ4n) is 4.80. The van der Waals surface area contributed by atoms with E-state index in [4.69, 9.17) is 21.3 Å². The smallest absolute Gasteiger partial charge is 0.310 e. The Morgan fingerprint density at radius 1 is 1.11 bits per heavy atom. The van der Waals surface area contributed by atoms with Gasteiger partial charge in [0.25, 0.3) is 0 Å². The molecule has 35 heavy (non-hydrogen) atoms. The van der Waals surface area contributed by atoms with Gasteiger partial charge in [-0.2, -0.15) is 0 Å². The molecule has 0 bridgehead atoms. The Hall–Kier alpha value is -2.32.